The molecule has 1 saturated carbocycles. The van der Waals surface area contributed by atoms with Crippen LogP contribution in [0.3, 0.4) is 0 Å². The first kappa shape index (κ1) is 15.0. The van der Waals surface area contributed by atoms with E-state index >= 15 is 0 Å². The highest BCUT2D eigenvalue weighted by atomic mass is 16.6. The van der Waals surface area contributed by atoms with Gasteiger partial charge in [0.05, 0.1) is 11.5 Å². The molecule has 1 aliphatic carbocycles. The summed E-state index contributed by atoms with van der Waals surface area (Å²) in [5, 5.41) is 10.9. The average molecular weight is 304 g/mol. The topological polar surface area (TPSA) is 72.7 Å². The van der Waals surface area contributed by atoms with Gasteiger partial charge >= 0.3 is 0 Å². The zero-order valence-corrected chi connectivity index (χ0v) is 12.7. The van der Waals surface area contributed by atoms with E-state index < -0.39 is 4.92 Å². The van der Waals surface area contributed by atoms with Gasteiger partial charge in [-0.05, 0) is 38.3 Å². The predicted molar refractivity (Wildman–Crippen MR) is 80.8 cm³/mol. The number of ether oxygens (including phenoxy) is 1. The highest BCUT2D eigenvalue weighted by molar-refractivity contribution is 5.95. The van der Waals surface area contributed by atoms with Crippen LogP contribution in [0.25, 0.3) is 0 Å². The molecule has 0 unspecified atom stereocenters. The number of hydrogen-bond donors (Lipinski definition) is 0. The van der Waals surface area contributed by atoms with E-state index in [4.69, 9.17) is 4.74 Å². The number of benzene rings is 1. The molecule has 0 aromatic heterocycles. The lowest BCUT2D eigenvalue weighted by atomic mass is 10.1. The van der Waals surface area contributed by atoms with Crippen LogP contribution in [0.5, 0.6) is 0 Å². The number of nitro benzene ring substituents is 1. The summed E-state index contributed by atoms with van der Waals surface area (Å²) in [6, 6.07) is 4.94. The molecule has 6 heteroatoms. The Morgan fingerprint density at radius 2 is 2.18 bits per heavy atom. The van der Waals surface area contributed by atoms with E-state index in [2.05, 4.69) is 0 Å². The Hall–Kier alpha value is -1.95. The van der Waals surface area contributed by atoms with Crippen LogP contribution in [0.2, 0.25) is 0 Å². The number of amides is 1. The van der Waals surface area contributed by atoms with E-state index in [0.717, 1.165) is 39.0 Å². The molecule has 2 aliphatic rings. The van der Waals surface area contributed by atoms with Crippen molar-refractivity contribution in [3.8, 4) is 0 Å². The van der Waals surface area contributed by atoms with Gasteiger partial charge in [0.25, 0.3) is 11.6 Å². The van der Waals surface area contributed by atoms with E-state index in [9.17, 15) is 14.9 Å². The van der Waals surface area contributed by atoms with Crippen molar-refractivity contribution in [3.05, 3.63) is 39.4 Å². The van der Waals surface area contributed by atoms with E-state index in [1.807, 2.05) is 4.90 Å². The van der Waals surface area contributed by atoms with E-state index in [-0.39, 0.29) is 11.6 Å². The summed E-state index contributed by atoms with van der Waals surface area (Å²) in [5.74, 6) is 0.385. The van der Waals surface area contributed by atoms with Crippen molar-refractivity contribution in [3.63, 3.8) is 0 Å². The molecule has 1 aromatic carbocycles. The number of nitro groups is 1. The average Bonchev–Trinajstić information content (AvgIpc) is 3.20. The summed E-state index contributed by atoms with van der Waals surface area (Å²) in [7, 11) is 0. The van der Waals surface area contributed by atoms with Crippen molar-refractivity contribution in [2.24, 2.45) is 5.92 Å². The fraction of sp³-hybridized carbons (Fsp3) is 0.562. The van der Waals surface area contributed by atoms with Gasteiger partial charge in [-0.1, -0.05) is 0 Å². The zero-order chi connectivity index (χ0) is 15.7. The highest BCUT2D eigenvalue weighted by Gasteiger charge is 2.35. The molecule has 0 spiro atoms. The largest absolute Gasteiger partial charge is 0.381 e. The first-order valence-corrected chi connectivity index (χ1v) is 7.70. The van der Waals surface area contributed by atoms with Crippen molar-refractivity contribution in [2.45, 2.75) is 32.2 Å². The Bertz CT molecular complexity index is 592. The molecule has 1 heterocycles. The fourth-order valence-electron chi connectivity index (χ4n) is 2.95. The number of carbonyl (C=O) groups excluding carboxylic acids is 1. The van der Waals surface area contributed by atoms with Gasteiger partial charge in [-0.2, -0.15) is 0 Å². The first-order valence-electron chi connectivity index (χ1n) is 7.70. The van der Waals surface area contributed by atoms with Crippen LogP contribution in [0.4, 0.5) is 5.69 Å². The van der Waals surface area contributed by atoms with Gasteiger partial charge in [-0.25, -0.2) is 0 Å². The van der Waals surface area contributed by atoms with Gasteiger partial charge in [0.2, 0.25) is 0 Å². The summed E-state index contributed by atoms with van der Waals surface area (Å²) in [4.78, 5) is 25.2. The van der Waals surface area contributed by atoms with Crippen molar-refractivity contribution in [1.29, 1.82) is 0 Å². The lowest BCUT2D eigenvalue weighted by molar-refractivity contribution is -0.385. The molecule has 1 amide bonds. The minimum atomic E-state index is -0.419. The quantitative estimate of drug-likeness (QED) is 0.619. The van der Waals surface area contributed by atoms with Crippen LogP contribution in [0.1, 0.15) is 35.2 Å². The molecule has 118 valence electrons. The van der Waals surface area contributed by atoms with E-state index in [1.165, 1.54) is 6.07 Å². The Balaban J connectivity index is 1.77. The third-order valence-electron chi connectivity index (χ3n) is 4.37. The molecule has 1 atom stereocenters. The molecule has 2 fully saturated rings. The minimum Gasteiger partial charge on any atom is -0.381 e. The number of rotatable bonds is 5. The maximum atomic E-state index is 12.8. The molecule has 1 aliphatic heterocycles. The molecule has 1 saturated heterocycles. The third-order valence-corrected chi connectivity index (χ3v) is 4.37. The van der Waals surface area contributed by atoms with E-state index in [1.54, 1.807) is 19.1 Å². The summed E-state index contributed by atoms with van der Waals surface area (Å²) in [6.07, 6.45) is 3.09. The maximum Gasteiger partial charge on any atom is 0.272 e. The van der Waals surface area contributed by atoms with E-state index in [0.29, 0.717) is 23.1 Å². The predicted octanol–water partition coefficient (Wildman–Crippen LogP) is 2.54. The Morgan fingerprint density at radius 3 is 2.73 bits per heavy atom. The monoisotopic (exact) mass is 304 g/mol. The Morgan fingerprint density at radius 1 is 1.41 bits per heavy atom. The number of carbonyl (C=O) groups is 1. The van der Waals surface area contributed by atoms with Crippen molar-refractivity contribution in [1.82, 2.24) is 4.90 Å². The molecular formula is C16H20N2O4. The molecule has 1 aromatic rings. The summed E-state index contributed by atoms with van der Waals surface area (Å²) >= 11 is 0. The van der Waals surface area contributed by atoms with Gasteiger partial charge < -0.3 is 9.64 Å². The lowest BCUT2D eigenvalue weighted by Crippen LogP contribution is -2.37. The van der Waals surface area contributed by atoms with Gasteiger partial charge in [0, 0.05) is 42.3 Å². The summed E-state index contributed by atoms with van der Waals surface area (Å²) in [5.41, 5.74) is 1.11. The van der Waals surface area contributed by atoms with Gasteiger partial charge in [0.1, 0.15) is 0 Å². The Labute approximate surface area is 129 Å². The van der Waals surface area contributed by atoms with Crippen LogP contribution in [-0.2, 0) is 4.74 Å². The fourth-order valence-corrected chi connectivity index (χ4v) is 2.95. The second-order valence-corrected chi connectivity index (χ2v) is 6.18. The standard InChI is InChI=1S/C16H20N2O4/c1-11-8-13(2-5-15(11)18(20)21)16(19)17(14-3-4-14)9-12-6-7-22-10-12/h2,5,8,12,14H,3-4,6-7,9-10H2,1H3/t12-/m0/s1. The SMILES string of the molecule is Cc1cc(C(=O)N(C[C@@H]2CCOC2)C2CC2)ccc1[N+](=O)[O-]. The second-order valence-electron chi connectivity index (χ2n) is 6.18. The number of hydrogen-bond acceptors (Lipinski definition) is 4. The Kier molecular flexibility index (Phi) is 4.11. The third kappa shape index (κ3) is 3.11. The molecule has 0 radical (unpaired) electrons. The lowest BCUT2D eigenvalue weighted by Gasteiger charge is -2.25. The number of aryl methyl sites for hydroxylation is 1. The van der Waals surface area contributed by atoms with Crippen molar-refractivity contribution < 1.29 is 14.5 Å². The van der Waals surface area contributed by atoms with Gasteiger partial charge in [0.15, 0.2) is 0 Å². The molecule has 3 rings (SSSR count). The number of nitrogens with zero attached hydrogens (tertiary/aromatic N) is 2. The first-order chi connectivity index (χ1) is 10.6. The molecule has 6 nitrogen and oxygen atoms in total. The molecular weight excluding hydrogens is 284 g/mol. The minimum absolute atomic E-state index is 0.0209. The van der Waals surface area contributed by atoms with Crippen LogP contribution in [0, 0.1) is 23.0 Å². The zero-order valence-electron chi connectivity index (χ0n) is 12.7. The summed E-state index contributed by atoms with van der Waals surface area (Å²) < 4.78 is 5.39. The highest BCUT2D eigenvalue weighted by Crippen LogP contribution is 2.31. The molecule has 22 heavy (non-hydrogen) atoms. The van der Waals surface area contributed by atoms with Crippen LogP contribution in [-0.4, -0.2) is 41.5 Å². The van der Waals surface area contributed by atoms with Crippen LogP contribution >= 0.6 is 0 Å². The smallest absolute Gasteiger partial charge is 0.272 e. The second kappa shape index (κ2) is 6.04. The molecule has 0 bridgehead atoms. The van der Waals surface area contributed by atoms with Crippen molar-refractivity contribution in [2.75, 3.05) is 19.8 Å². The maximum absolute atomic E-state index is 12.8. The van der Waals surface area contributed by atoms with Gasteiger partial charge in [-0.3, -0.25) is 14.9 Å². The van der Waals surface area contributed by atoms with Crippen molar-refractivity contribution >= 4 is 11.6 Å². The van der Waals surface area contributed by atoms with Crippen LogP contribution < -0.4 is 0 Å². The van der Waals surface area contributed by atoms with Crippen LogP contribution in [0.15, 0.2) is 18.2 Å². The summed E-state index contributed by atoms with van der Waals surface area (Å²) in [6.45, 7) is 3.88. The molecule has 0 N–H and O–H groups in total. The normalized spacial score (nSPS) is 20.9. The van der Waals surface area contributed by atoms with Gasteiger partial charge in [-0.15, -0.1) is 0 Å².